The monoisotopic (exact) mass is 377 g/mol. The summed E-state index contributed by atoms with van der Waals surface area (Å²) in [4.78, 5) is 21.6. The summed E-state index contributed by atoms with van der Waals surface area (Å²) in [5.74, 6) is -1.43. The van der Waals surface area contributed by atoms with Crippen LogP contribution in [0, 0.1) is 13.8 Å². The molecule has 0 aliphatic rings. The van der Waals surface area contributed by atoms with Crippen LogP contribution in [0.15, 0.2) is 30.3 Å². The topological polar surface area (TPSA) is 63.4 Å². The van der Waals surface area contributed by atoms with Crippen LogP contribution in [0.2, 0.25) is 0 Å². The summed E-state index contributed by atoms with van der Waals surface area (Å²) in [5.41, 5.74) is 2.50. The van der Waals surface area contributed by atoms with Gasteiger partial charge in [0, 0.05) is 30.5 Å². The second kappa shape index (κ2) is 6.98. The lowest BCUT2D eigenvalue weighted by Gasteiger charge is -2.18. The highest BCUT2D eigenvalue weighted by molar-refractivity contribution is 5.92. The van der Waals surface area contributed by atoms with Crippen molar-refractivity contribution >= 4 is 17.4 Å². The summed E-state index contributed by atoms with van der Waals surface area (Å²) in [6, 6.07) is 9.21. The molecule has 0 aliphatic carbocycles. The van der Waals surface area contributed by atoms with Crippen LogP contribution in [0.1, 0.15) is 29.2 Å². The molecule has 0 bridgehead atoms. The van der Waals surface area contributed by atoms with Gasteiger partial charge in [0.05, 0.1) is 0 Å². The second-order valence-corrected chi connectivity index (χ2v) is 6.19. The molecule has 0 aliphatic heterocycles. The highest BCUT2D eigenvalue weighted by Crippen LogP contribution is 2.27. The number of aromatic nitrogens is 4. The van der Waals surface area contributed by atoms with Gasteiger partial charge in [-0.05, 0) is 38.0 Å². The first-order valence-electron chi connectivity index (χ1n) is 8.30. The fourth-order valence-corrected chi connectivity index (χ4v) is 2.89. The van der Waals surface area contributed by atoms with Gasteiger partial charge in [-0.3, -0.25) is 4.79 Å². The zero-order valence-corrected chi connectivity index (χ0v) is 15.1. The third-order valence-electron chi connectivity index (χ3n) is 4.41. The molecule has 142 valence electrons. The molecular formula is C18H18F3N5O. The van der Waals surface area contributed by atoms with E-state index in [2.05, 4.69) is 15.1 Å². The first-order chi connectivity index (χ1) is 12.7. The Balaban J connectivity index is 1.83. The van der Waals surface area contributed by atoms with Crippen molar-refractivity contribution in [2.75, 3.05) is 11.9 Å². The van der Waals surface area contributed by atoms with Crippen molar-refractivity contribution in [3.8, 4) is 0 Å². The van der Waals surface area contributed by atoms with Crippen LogP contribution in [0.3, 0.4) is 0 Å². The van der Waals surface area contributed by atoms with Crippen molar-refractivity contribution in [2.24, 2.45) is 0 Å². The van der Waals surface area contributed by atoms with E-state index in [0.717, 1.165) is 10.2 Å². The highest BCUT2D eigenvalue weighted by atomic mass is 19.4. The maximum Gasteiger partial charge on any atom is 0.453 e. The lowest BCUT2D eigenvalue weighted by Crippen LogP contribution is -2.26. The Kier molecular flexibility index (Phi) is 4.86. The Morgan fingerprint density at radius 3 is 2.44 bits per heavy atom. The molecule has 1 amide bonds. The van der Waals surface area contributed by atoms with Crippen LogP contribution in [0.5, 0.6) is 0 Å². The molecule has 2 heterocycles. The largest absolute Gasteiger partial charge is 0.453 e. The smallest absolute Gasteiger partial charge is 0.315 e. The fraction of sp³-hybridized carbons (Fsp3) is 0.333. The summed E-state index contributed by atoms with van der Waals surface area (Å²) in [6.45, 7) is 3.34. The average Bonchev–Trinajstić information content (AvgIpc) is 3.06. The summed E-state index contributed by atoms with van der Waals surface area (Å²) in [5, 5.41) is 3.52. The Labute approximate surface area is 153 Å². The molecule has 0 atom stereocenters. The van der Waals surface area contributed by atoms with E-state index in [9.17, 15) is 18.0 Å². The standard InChI is InChI=1S/C18H18F3N5O/c1-11-14(9-10-15(27)25(3)13-7-5-4-6-8-13)12(2)26-17(22-11)23-16(24-26)18(19,20)21/h4-8H,9-10H2,1-3H3. The lowest BCUT2D eigenvalue weighted by molar-refractivity contribution is -0.144. The van der Waals surface area contributed by atoms with Crippen LogP contribution in [0.25, 0.3) is 5.78 Å². The molecule has 0 radical (unpaired) electrons. The van der Waals surface area contributed by atoms with E-state index in [1.54, 1.807) is 25.8 Å². The molecule has 27 heavy (non-hydrogen) atoms. The summed E-state index contributed by atoms with van der Waals surface area (Å²) in [7, 11) is 1.69. The van der Waals surface area contributed by atoms with Crippen molar-refractivity contribution in [2.45, 2.75) is 32.9 Å². The van der Waals surface area contributed by atoms with Gasteiger partial charge >= 0.3 is 6.18 Å². The molecular weight excluding hydrogens is 359 g/mol. The minimum Gasteiger partial charge on any atom is -0.315 e. The number of carbonyl (C=O) groups is 1. The number of para-hydroxylation sites is 1. The molecule has 3 aromatic rings. The molecule has 9 heteroatoms. The lowest BCUT2D eigenvalue weighted by atomic mass is 10.1. The number of rotatable bonds is 4. The Morgan fingerprint density at radius 2 is 1.81 bits per heavy atom. The van der Waals surface area contributed by atoms with E-state index >= 15 is 0 Å². The molecule has 0 unspecified atom stereocenters. The average molecular weight is 377 g/mol. The van der Waals surface area contributed by atoms with E-state index in [1.165, 1.54) is 0 Å². The quantitative estimate of drug-likeness (QED) is 0.700. The molecule has 0 saturated heterocycles. The molecule has 3 rings (SSSR count). The first kappa shape index (κ1) is 18.8. The zero-order valence-electron chi connectivity index (χ0n) is 15.1. The Hall–Kier alpha value is -2.97. The van der Waals surface area contributed by atoms with Crippen LogP contribution >= 0.6 is 0 Å². The number of carbonyl (C=O) groups excluding carboxylic acids is 1. The van der Waals surface area contributed by atoms with Crippen molar-refractivity contribution in [3.05, 3.63) is 53.1 Å². The van der Waals surface area contributed by atoms with Crippen molar-refractivity contribution in [1.82, 2.24) is 19.6 Å². The predicted molar refractivity (Wildman–Crippen MR) is 93.4 cm³/mol. The van der Waals surface area contributed by atoms with Gasteiger partial charge < -0.3 is 4.90 Å². The number of nitrogens with zero attached hydrogens (tertiary/aromatic N) is 5. The van der Waals surface area contributed by atoms with Gasteiger partial charge in [-0.15, -0.1) is 5.10 Å². The maximum atomic E-state index is 12.8. The minimum absolute atomic E-state index is 0.102. The van der Waals surface area contributed by atoms with Gasteiger partial charge in [-0.25, -0.2) is 9.50 Å². The van der Waals surface area contributed by atoms with Crippen molar-refractivity contribution < 1.29 is 18.0 Å². The van der Waals surface area contributed by atoms with E-state index < -0.39 is 12.0 Å². The molecule has 0 N–H and O–H groups in total. The van der Waals surface area contributed by atoms with Gasteiger partial charge in [0.15, 0.2) is 0 Å². The first-order valence-corrected chi connectivity index (χ1v) is 8.30. The normalized spacial score (nSPS) is 11.8. The summed E-state index contributed by atoms with van der Waals surface area (Å²) >= 11 is 0. The van der Waals surface area contributed by atoms with Crippen LogP contribution < -0.4 is 4.90 Å². The van der Waals surface area contributed by atoms with Gasteiger partial charge in [0.1, 0.15) is 0 Å². The molecule has 6 nitrogen and oxygen atoms in total. The van der Waals surface area contributed by atoms with Crippen LogP contribution in [-0.4, -0.2) is 32.5 Å². The number of amides is 1. The Bertz CT molecular complexity index is 982. The molecule has 0 fully saturated rings. The van der Waals surface area contributed by atoms with Gasteiger partial charge in [-0.2, -0.15) is 18.2 Å². The number of hydrogen-bond acceptors (Lipinski definition) is 4. The SMILES string of the molecule is Cc1nc2nc(C(F)(F)F)nn2c(C)c1CCC(=O)N(C)c1ccccc1. The van der Waals surface area contributed by atoms with E-state index in [-0.39, 0.29) is 18.1 Å². The number of benzene rings is 1. The maximum absolute atomic E-state index is 12.8. The van der Waals surface area contributed by atoms with Crippen molar-refractivity contribution in [3.63, 3.8) is 0 Å². The Morgan fingerprint density at radius 1 is 1.15 bits per heavy atom. The number of hydrogen-bond donors (Lipinski definition) is 0. The number of fused-ring (bicyclic) bond motifs is 1. The fourth-order valence-electron chi connectivity index (χ4n) is 2.89. The highest BCUT2D eigenvalue weighted by Gasteiger charge is 2.37. The summed E-state index contributed by atoms with van der Waals surface area (Å²) in [6.07, 6.45) is -4.10. The number of alkyl halides is 3. The number of anilines is 1. The molecule has 0 saturated carbocycles. The third-order valence-corrected chi connectivity index (χ3v) is 4.41. The van der Waals surface area contributed by atoms with Gasteiger partial charge in [-0.1, -0.05) is 18.2 Å². The zero-order chi connectivity index (χ0) is 19.8. The van der Waals surface area contributed by atoms with Gasteiger partial charge in [0.25, 0.3) is 11.6 Å². The number of aryl methyl sites for hydroxylation is 2. The van der Waals surface area contributed by atoms with Crippen LogP contribution in [-0.2, 0) is 17.4 Å². The van der Waals surface area contributed by atoms with Crippen molar-refractivity contribution in [1.29, 1.82) is 0 Å². The van der Waals surface area contributed by atoms with E-state index in [4.69, 9.17) is 0 Å². The van der Waals surface area contributed by atoms with Gasteiger partial charge in [0.2, 0.25) is 5.91 Å². The third kappa shape index (κ3) is 3.76. The summed E-state index contributed by atoms with van der Waals surface area (Å²) < 4.78 is 39.6. The molecule has 1 aromatic carbocycles. The molecule has 2 aromatic heterocycles. The predicted octanol–water partition coefficient (Wildman–Crippen LogP) is 3.36. The van der Waals surface area contributed by atoms with E-state index in [0.29, 0.717) is 23.4 Å². The van der Waals surface area contributed by atoms with E-state index in [1.807, 2.05) is 30.3 Å². The minimum atomic E-state index is -4.64. The second-order valence-electron chi connectivity index (χ2n) is 6.19. The number of halogens is 3. The molecule has 0 spiro atoms. The van der Waals surface area contributed by atoms with Crippen LogP contribution in [0.4, 0.5) is 18.9 Å².